The predicted molar refractivity (Wildman–Crippen MR) is 108 cm³/mol. The largest absolute Gasteiger partial charge is 0.497 e. The third-order valence-corrected chi connectivity index (χ3v) is 5.86. The number of rotatable bonds is 7. The van der Waals surface area contributed by atoms with Gasteiger partial charge in [-0.3, -0.25) is 4.79 Å². The quantitative estimate of drug-likeness (QED) is 0.762. The van der Waals surface area contributed by atoms with Crippen LogP contribution in [0.2, 0.25) is 0 Å². The average molecular weight is 401 g/mol. The van der Waals surface area contributed by atoms with E-state index in [0.717, 1.165) is 48.8 Å². The van der Waals surface area contributed by atoms with Crippen LogP contribution in [0.25, 0.3) is 0 Å². The summed E-state index contributed by atoms with van der Waals surface area (Å²) in [5.74, 6) is 3.18. The van der Waals surface area contributed by atoms with Gasteiger partial charge in [0.2, 0.25) is 5.91 Å². The molecule has 2 fully saturated rings. The molecule has 0 bridgehead atoms. The van der Waals surface area contributed by atoms with Crippen molar-refractivity contribution in [3.05, 3.63) is 29.8 Å². The summed E-state index contributed by atoms with van der Waals surface area (Å²) in [6.07, 6.45) is 2.86. The van der Waals surface area contributed by atoms with Crippen LogP contribution in [-0.4, -0.2) is 61.3 Å². The highest BCUT2D eigenvalue weighted by Crippen LogP contribution is 2.19. The van der Waals surface area contributed by atoms with E-state index >= 15 is 0 Å². The van der Waals surface area contributed by atoms with E-state index in [1.807, 2.05) is 40.9 Å². The molecule has 1 aromatic carbocycles. The molecule has 0 radical (unpaired) electrons. The molecule has 26 heavy (non-hydrogen) atoms. The third-order valence-electron chi connectivity index (χ3n) is 4.73. The molecule has 1 aromatic rings. The molecule has 2 heterocycles. The lowest BCUT2D eigenvalue weighted by molar-refractivity contribution is -0.133. The maximum absolute atomic E-state index is 12.9. The monoisotopic (exact) mass is 400 g/mol. The Morgan fingerprint density at radius 1 is 1.46 bits per heavy atom. The van der Waals surface area contributed by atoms with E-state index in [-0.39, 0.29) is 30.5 Å². The number of hydrogen-bond acceptors (Lipinski definition) is 5. The minimum absolute atomic E-state index is 0. The predicted octanol–water partition coefficient (Wildman–Crippen LogP) is 2.72. The van der Waals surface area contributed by atoms with Crippen LogP contribution in [0.5, 0.6) is 5.75 Å². The first kappa shape index (κ1) is 21.4. The molecule has 3 rings (SSSR count). The van der Waals surface area contributed by atoms with Gasteiger partial charge in [0, 0.05) is 50.2 Å². The van der Waals surface area contributed by atoms with Crippen LogP contribution in [0.3, 0.4) is 0 Å². The van der Waals surface area contributed by atoms with Crippen LogP contribution in [0.1, 0.15) is 24.8 Å². The summed E-state index contributed by atoms with van der Waals surface area (Å²) in [4.78, 5) is 14.9. The fraction of sp³-hybridized carbons (Fsp3) is 0.632. The molecule has 146 valence electrons. The van der Waals surface area contributed by atoms with Gasteiger partial charge in [0.15, 0.2) is 0 Å². The van der Waals surface area contributed by atoms with Crippen LogP contribution in [0.15, 0.2) is 24.3 Å². The van der Waals surface area contributed by atoms with Crippen molar-refractivity contribution in [1.82, 2.24) is 10.2 Å². The molecular weight excluding hydrogens is 372 g/mol. The van der Waals surface area contributed by atoms with Crippen LogP contribution >= 0.6 is 24.2 Å². The lowest BCUT2D eigenvalue weighted by atomic mass is 10.1. The lowest BCUT2D eigenvalue weighted by Crippen LogP contribution is -2.44. The van der Waals surface area contributed by atoms with E-state index in [1.165, 1.54) is 0 Å². The van der Waals surface area contributed by atoms with Gasteiger partial charge in [-0.15, -0.1) is 12.4 Å². The van der Waals surface area contributed by atoms with Gasteiger partial charge in [0.05, 0.1) is 13.2 Å². The van der Waals surface area contributed by atoms with Crippen molar-refractivity contribution in [3.8, 4) is 5.75 Å². The molecular formula is C19H29ClN2O3S. The first-order valence-corrected chi connectivity index (χ1v) is 10.2. The van der Waals surface area contributed by atoms with E-state index in [9.17, 15) is 4.79 Å². The number of hydrogen-bond donors (Lipinski definition) is 1. The average Bonchev–Trinajstić information content (AvgIpc) is 3.15. The zero-order valence-corrected chi connectivity index (χ0v) is 16.9. The van der Waals surface area contributed by atoms with Gasteiger partial charge < -0.3 is 19.7 Å². The molecule has 0 spiro atoms. The number of benzene rings is 1. The Kier molecular flexibility index (Phi) is 9.05. The van der Waals surface area contributed by atoms with E-state index in [1.54, 1.807) is 7.11 Å². The van der Waals surface area contributed by atoms with Crippen molar-refractivity contribution < 1.29 is 14.3 Å². The zero-order chi connectivity index (χ0) is 17.5. The minimum atomic E-state index is 0. The molecule has 0 saturated carbocycles. The molecule has 2 aliphatic rings. The first-order chi connectivity index (χ1) is 12.2. The summed E-state index contributed by atoms with van der Waals surface area (Å²) >= 11 is 1.92. The Balaban J connectivity index is 0.00000243. The van der Waals surface area contributed by atoms with E-state index in [2.05, 4.69) is 5.32 Å². The van der Waals surface area contributed by atoms with Gasteiger partial charge >= 0.3 is 0 Å². The Morgan fingerprint density at radius 3 is 3.04 bits per heavy atom. The number of nitrogens with one attached hydrogen (secondary N) is 1. The highest BCUT2D eigenvalue weighted by Gasteiger charge is 2.25. The van der Waals surface area contributed by atoms with Crippen LogP contribution in [0, 0.1) is 0 Å². The molecule has 2 unspecified atom stereocenters. The molecule has 5 nitrogen and oxygen atoms in total. The van der Waals surface area contributed by atoms with Crippen molar-refractivity contribution in [1.29, 1.82) is 0 Å². The van der Waals surface area contributed by atoms with E-state index in [0.29, 0.717) is 19.5 Å². The highest BCUT2D eigenvalue weighted by molar-refractivity contribution is 7.99. The number of halogens is 1. The Labute approximate surface area is 166 Å². The van der Waals surface area contributed by atoms with E-state index < -0.39 is 0 Å². The number of carbonyl (C=O) groups excluding carboxylic acids is 1. The van der Waals surface area contributed by atoms with Gasteiger partial charge in [-0.25, -0.2) is 0 Å². The van der Waals surface area contributed by atoms with Crippen molar-refractivity contribution in [2.24, 2.45) is 0 Å². The lowest BCUT2D eigenvalue weighted by Gasteiger charge is -2.29. The molecule has 2 aliphatic heterocycles. The second-order valence-corrected chi connectivity index (χ2v) is 7.84. The Morgan fingerprint density at radius 2 is 2.35 bits per heavy atom. The van der Waals surface area contributed by atoms with Gasteiger partial charge in [0.25, 0.3) is 0 Å². The summed E-state index contributed by atoms with van der Waals surface area (Å²) in [5.41, 5.74) is 1.09. The summed E-state index contributed by atoms with van der Waals surface area (Å²) in [6, 6.07) is 8.24. The Hall–Kier alpha value is -0.950. The maximum Gasteiger partial charge on any atom is 0.224 e. The maximum atomic E-state index is 12.9. The van der Waals surface area contributed by atoms with Gasteiger partial charge in [-0.05, 0) is 30.5 Å². The summed E-state index contributed by atoms with van der Waals surface area (Å²) in [7, 11) is 1.67. The number of carbonyl (C=O) groups is 1. The molecule has 2 atom stereocenters. The van der Waals surface area contributed by atoms with Gasteiger partial charge in [-0.1, -0.05) is 12.1 Å². The summed E-state index contributed by atoms with van der Waals surface area (Å²) < 4.78 is 11.1. The zero-order valence-electron chi connectivity index (χ0n) is 15.3. The summed E-state index contributed by atoms with van der Waals surface area (Å²) in [5, 5.41) is 3.46. The minimum Gasteiger partial charge on any atom is -0.497 e. The molecule has 7 heteroatoms. The number of thioether (sulfide) groups is 1. The van der Waals surface area contributed by atoms with Crippen LogP contribution in [0.4, 0.5) is 0 Å². The fourth-order valence-corrected chi connectivity index (χ4v) is 4.32. The van der Waals surface area contributed by atoms with Crippen molar-refractivity contribution in [2.45, 2.75) is 38.0 Å². The second-order valence-electron chi connectivity index (χ2n) is 6.69. The summed E-state index contributed by atoms with van der Waals surface area (Å²) in [6.45, 7) is 3.09. The standard InChI is InChI=1S/C19H28N2O3S.ClH/c1-23-17-5-2-4-15(10-17)12-21(13-18-6-3-8-24-18)19(22)11-16-14-25-9-7-20-16;/h2,4-5,10,16,18,20H,3,6-9,11-14H2,1H3;1H. The molecule has 1 amide bonds. The van der Waals surface area contributed by atoms with Crippen molar-refractivity contribution >= 4 is 30.1 Å². The van der Waals surface area contributed by atoms with Crippen molar-refractivity contribution in [2.75, 3.05) is 38.3 Å². The van der Waals surface area contributed by atoms with Crippen molar-refractivity contribution in [3.63, 3.8) is 0 Å². The number of amides is 1. The molecule has 1 N–H and O–H groups in total. The normalized spacial score (nSPS) is 22.5. The second kappa shape index (κ2) is 11.0. The molecule has 2 saturated heterocycles. The molecule has 0 aliphatic carbocycles. The third kappa shape index (κ3) is 6.34. The fourth-order valence-electron chi connectivity index (χ4n) is 3.37. The van der Waals surface area contributed by atoms with E-state index in [4.69, 9.17) is 9.47 Å². The first-order valence-electron chi connectivity index (χ1n) is 9.08. The smallest absolute Gasteiger partial charge is 0.224 e. The Bertz CT molecular complexity index is 563. The van der Waals surface area contributed by atoms with Gasteiger partial charge in [-0.2, -0.15) is 11.8 Å². The SMILES string of the molecule is COc1cccc(CN(CC2CCCO2)C(=O)CC2CSCCN2)c1.Cl. The number of nitrogens with zero attached hydrogens (tertiary/aromatic N) is 1. The number of ether oxygens (including phenoxy) is 2. The number of methoxy groups -OCH3 is 1. The van der Waals surface area contributed by atoms with Crippen LogP contribution < -0.4 is 10.1 Å². The highest BCUT2D eigenvalue weighted by atomic mass is 35.5. The van der Waals surface area contributed by atoms with Crippen LogP contribution in [-0.2, 0) is 16.1 Å². The topological polar surface area (TPSA) is 50.8 Å². The van der Waals surface area contributed by atoms with Gasteiger partial charge in [0.1, 0.15) is 5.75 Å². The molecule has 0 aromatic heterocycles.